The van der Waals surface area contributed by atoms with Crippen molar-refractivity contribution in [2.24, 2.45) is 5.92 Å². The number of hydrogen-bond donors (Lipinski definition) is 1. The standard InChI is InChI=1S/C17H32N2O3/c1-17(2,3)22-16(20)19-9-7-13(8-10-19)12-18-14-5-6-15(11-14)21-4/h13-15,18H,5-12H2,1-4H3. The van der Waals surface area contributed by atoms with Gasteiger partial charge in [-0.1, -0.05) is 0 Å². The number of piperidine rings is 1. The number of nitrogens with one attached hydrogen (secondary N) is 1. The minimum atomic E-state index is -0.407. The minimum Gasteiger partial charge on any atom is -0.444 e. The molecule has 1 saturated heterocycles. The first kappa shape index (κ1) is 17.5. The fourth-order valence-corrected chi connectivity index (χ4v) is 3.32. The van der Waals surface area contributed by atoms with Crippen molar-refractivity contribution < 1.29 is 14.3 Å². The molecule has 1 aliphatic carbocycles. The summed E-state index contributed by atoms with van der Waals surface area (Å²) >= 11 is 0. The SMILES string of the molecule is COC1CCC(NCC2CCN(C(=O)OC(C)(C)C)CC2)C1. The van der Waals surface area contributed by atoms with Crippen LogP contribution >= 0.6 is 0 Å². The van der Waals surface area contributed by atoms with E-state index in [1.54, 1.807) is 7.11 Å². The van der Waals surface area contributed by atoms with Crippen molar-refractivity contribution in [1.82, 2.24) is 10.2 Å². The zero-order valence-electron chi connectivity index (χ0n) is 14.6. The molecule has 0 bridgehead atoms. The van der Waals surface area contributed by atoms with E-state index in [-0.39, 0.29) is 6.09 Å². The molecule has 1 heterocycles. The van der Waals surface area contributed by atoms with E-state index in [0.717, 1.165) is 38.9 Å². The molecule has 1 saturated carbocycles. The van der Waals surface area contributed by atoms with Crippen molar-refractivity contribution in [3.05, 3.63) is 0 Å². The van der Waals surface area contributed by atoms with Gasteiger partial charge in [-0.3, -0.25) is 0 Å². The number of rotatable bonds is 4. The third-order valence-corrected chi connectivity index (χ3v) is 4.68. The van der Waals surface area contributed by atoms with Crippen LogP contribution in [0.5, 0.6) is 0 Å². The number of ether oxygens (including phenoxy) is 2. The highest BCUT2D eigenvalue weighted by molar-refractivity contribution is 5.68. The summed E-state index contributed by atoms with van der Waals surface area (Å²) in [6, 6.07) is 0.605. The monoisotopic (exact) mass is 312 g/mol. The van der Waals surface area contributed by atoms with Crippen molar-refractivity contribution >= 4 is 6.09 Å². The largest absolute Gasteiger partial charge is 0.444 e. The van der Waals surface area contributed by atoms with Crippen LogP contribution in [0.3, 0.4) is 0 Å². The number of hydrogen-bond acceptors (Lipinski definition) is 4. The van der Waals surface area contributed by atoms with E-state index < -0.39 is 5.60 Å². The molecule has 2 atom stereocenters. The van der Waals surface area contributed by atoms with Crippen molar-refractivity contribution in [3.8, 4) is 0 Å². The molecule has 0 aromatic carbocycles. The molecule has 1 aliphatic heterocycles. The first-order valence-electron chi connectivity index (χ1n) is 8.61. The molecule has 0 aromatic rings. The van der Waals surface area contributed by atoms with Gasteiger partial charge in [-0.15, -0.1) is 0 Å². The molecule has 2 unspecified atom stereocenters. The van der Waals surface area contributed by atoms with Gasteiger partial charge in [0.1, 0.15) is 5.60 Å². The Hall–Kier alpha value is -0.810. The number of carbonyl (C=O) groups is 1. The van der Waals surface area contributed by atoms with Crippen molar-refractivity contribution in [2.45, 2.75) is 70.6 Å². The van der Waals surface area contributed by atoms with Gasteiger partial charge in [0.05, 0.1) is 6.10 Å². The number of likely N-dealkylation sites (tertiary alicyclic amines) is 1. The third-order valence-electron chi connectivity index (χ3n) is 4.68. The van der Waals surface area contributed by atoms with Crippen molar-refractivity contribution in [1.29, 1.82) is 0 Å². The highest BCUT2D eigenvalue weighted by atomic mass is 16.6. The maximum atomic E-state index is 12.0. The lowest BCUT2D eigenvalue weighted by Gasteiger charge is -2.34. The maximum absolute atomic E-state index is 12.0. The molecule has 1 amide bonds. The number of methoxy groups -OCH3 is 1. The molecule has 5 nitrogen and oxygen atoms in total. The average molecular weight is 312 g/mol. The Bertz CT molecular complexity index is 359. The van der Waals surface area contributed by atoms with E-state index in [1.807, 2.05) is 25.7 Å². The normalized spacial score (nSPS) is 27.2. The van der Waals surface area contributed by atoms with Gasteiger partial charge >= 0.3 is 6.09 Å². The maximum Gasteiger partial charge on any atom is 0.410 e. The summed E-state index contributed by atoms with van der Waals surface area (Å²) in [5.74, 6) is 0.667. The smallest absolute Gasteiger partial charge is 0.410 e. The second kappa shape index (κ2) is 7.64. The van der Waals surface area contributed by atoms with Crippen LogP contribution in [0.4, 0.5) is 4.79 Å². The number of amides is 1. The molecule has 2 fully saturated rings. The molecule has 1 N–H and O–H groups in total. The van der Waals surface area contributed by atoms with Crippen LogP contribution in [-0.2, 0) is 9.47 Å². The highest BCUT2D eigenvalue weighted by Gasteiger charge is 2.28. The van der Waals surface area contributed by atoms with Crippen LogP contribution in [0.2, 0.25) is 0 Å². The van der Waals surface area contributed by atoms with E-state index in [2.05, 4.69) is 5.32 Å². The summed E-state index contributed by atoms with van der Waals surface area (Å²) in [4.78, 5) is 13.9. The van der Waals surface area contributed by atoms with Gasteiger partial charge in [0.15, 0.2) is 0 Å². The van der Waals surface area contributed by atoms with E-state index in [1.165, 1.54) is 12.8 Å². The Morgan fingerprint density at radius 2 is 1.86 bits per heavy atom. The molecule has 0 aromatic heterocycles. The Kier molecular flexibility index (Phi) is 6.09. The Labute approximate surface area is 134 Å². The predicted molar refractivity (Wildman–Crippen MR) is 87.0 cm³/mol. The van der Waals surface area contributed by atoms with Crippen LogP contribution in [0, 0.1) is 5.92 Å². The quantitative estimate of drug-likeness (QED) is 0.867. The first-order valence-corrected chi connectivity index (χ1v) is 8.61. The Morgan fingerprint density at radius 1 is 1.18 bits per heavy atom. The predicted octanol–water partition coefficient (Wildman–Crippen LogP) is 2.79. The van der Waals surface area contributed by atoms with E-state index >= 15 is 0 Å². The van der Waals surface area contributed by atoms with Crippen molar-refractivity contribution in [2.75, 3.05) is 26.7 Å². The van der Waals surface area contributed by atoms with Gasteiger partial charge in [0.25, 0.3) is 0 Å². The van der Waals surface area contributed by atoms with E-state index in [4.69, 9.17) is 9.47 Å². The Morgan fingerprint density at radius 3 is 2.41 bits per heavy atom. The van der Waals surface area contributed by atoms with E-state index in [9.17, 15) is 4.79 Å². The second-order valence-electron chi connectivity index (χ2n) is 7.69. The lowest BCUT2D eigenvalue weighted by Crippen LogP contribution is -2.44. The summed E-state index contributed by atoms with van der Waals surface area (Å²) in [5, 5.41) is 3.68. The van der Waals surface area contributed by atoms with Crippen LogP contribution in [0.25, 0.3) is 0 Å². The fourth-order valence-electron chi connectivity index (χ4n) is 3.32. The minimum absolute atomic E-state index is 0.169. The molecule has 0 spiro atoms. The van der Waals surface area contributed by atoms with Gasteiger partial charge in [-0.2, -0.15) is 0 Å². The second-order valence-corrected chi connectivity index (χ2v) is 7.69. The van der Waals surface area contributed by atoms with Gasteiger partial charge in [0, 0.05) is 26.2 Å². The van der Waals surface area contributed by atoms with Crippen LogP contribution in [-0.4, -0.2) is 55.5 Å². The lowest BCUT2D eigenvalue weighted by atomic mass is 9.96. The van der Waals surface area contributed by atoms with Crippen LogP contribution < -0.4 is 5.32 Å². The summed E-state index contributed by atoms with van der Waals surface area (Å²) in [7, 11) is 1.80. The highest BCUT2D eigenvalue weighted by Crippen LogP contribution is 2.23. The zero-order valence-corrected chi connectivity index (χ0v) is 14.6. The molecule has 2 aliphatic rings. The first-order chi connectivity index (χ1) is 10.4. The van der Waals surface area contributed by atoms with Gasteiger partial charge in [0.2, 0.25) is 0 Å². The molecular formula is C17H32N2O3. The molecule has 128 valence electrons. The van der Waals surface area contributed by atoms with Crippen LogP contribution in [0.1, 0.15) is 52.9 Å². The summed E-state index contributed by atoms with van der Waals surface area (Å²) < 4.78 is 10.9. The zero-order chi connectivity index (χ0) is 16.2. The van der Waals surface area contributed by atoms with Gasteiger partial charge in [-0.25, -0.2) is 4.79 Å². The summed E-state index contributed by atoms with van der Waals surface area (Å²) in [6.45, 7) is 8.42. The molecule has 2 rings (SSSR count). The van der Waals surface area contributed by atoms with Crippen LogP contribution in [0.15, 0.2) is 0 Å². The average Bonchev–Trinajstić information content (AvgIpc) is 2.92. The lowest BCUT2D eigenvalue weighted by molar-refractivity contribution is 0.0183. The summed E-state index contributed by atoms with van der Waals surface area (Å²) in [6.07, 6.45) is 5.91. The van der Waals surface area contributed by atoms with Gasteiger partial charge < -0.3 is 19.7 Å². The van der Waals surface area contributed by atoms with Crippen molar-refractivity contribution in [3.63, 3.8) is 0 Å². The fraction of sp³-hybridized carbons (Fsp3) is 0.941. The topological polar surface area (TPSA) is 50.8 Å². The number of carbonyl (C=O) groups excluding carboxylic acids is 1. The molecule has 5 heteroatoms. The molecule has 22 heavy (non-hydrogen) atoms. The van der Waals surface area contributed by atoms with E-state index in [0.29, 0.717) is 18.1 Å². The number of nitrogens with zero attached hydrogens (tertiary/aromatic N) is 1. The Balaban J connectivity index is 1.64. The molecular weight excluding hydrogens is 280 g/mol. The summed E-state index contributed by atoms with van der Waals surface area (Å²) in [5.41, 5.74) is -0.407. The van der Waals surface area contributed by atoms with Gasteiger partial charge in [-0.05, 0) is 65.3 Å². The molecule has 0 radical (unpaired) electrons. The third kappa shape index (κ3) is 5.43.